The van der Waals surface area contributed by atoms with E-state index in [4.69, 9.17) is 9.47 Å². The van der Waals surface area contributed by atoms with Gasteiger partial charge in [0.25, 0.3) is 0 Å². The summed E-state index contributed by atoms with van der Waals surface area (Å²) in [6.07, 6.45) is 3.27. The number of aryl methyl sites for hydroxylation is 2. The number of ether oxygens (including phenoxy) is 2. The Hall–Kier alpha value is -1.52. The number of hydrogen-bond donors (Lipinski definition) is 0. The van der Waals surface area contributed by atoms with Gasteiger partial charge in [0.05, 0.1) is 18.6 Å². The number of carbonyl (C=O) groups is 1. The maximum Gasteiger partial charge on any atom is 0.248 e. The van der Waals surface area contributed by atoms with Crippen molar-refractivity contribution in [2.75, 3.05) is 73.7 Å². The number of rotatable bonds is 11. The van der Waals surface area contributed by atoms with Crippen LogP contribution in [0.2, 0.25) is 0 Å². The minimum absolute atomic E-state index is 0.0251. The summed E-state index contributed by atoms with van der Waals surface area (Å²) in [6, 6.07) is 4.68. The lowest BCUT2D eigenvalue weighted by atomic mass is 10.1. The molecule has 35 heavy (non-hydrogen) atoms. The summed E-state index contributed by atoms with van der Waals surface area (Å²) in [4.78, 5) is 20.5. The van der Waals surface area contributed by atoms with Crippen LogP contribution >= 0.6 is 0 Å². The lowest BCUT2D eigenvalue weighted by Crippen LogP contribution is -2.50. The first-order valence-electron chi connectivity index (χ1n) is 12.8. The van der Waals surface area contributed by atoms with Crippen molar-refractivity contribution in [3.63, 3.8) is 0 Å². The number of amides is 1. The normalized spacial score (nSPS) is 22.5. The Kier molecular flexibility index (Phi) is 10.5. The van der Waals surface area contributed by atoms with Crippen molar-refractivity contribution in [1.82, 2.24) is 19.0 Å². The van der Waals surface area contributed by atoms with Gasteiger partial charge in [0.1, 0.15) is 23.3 Å². The fourth-order valence-corrected chi connectivity index (χ4v) is 6.48. The molecular weight excluding hydrogens is 464 g/mol. The summed E-state index contributed by atoms with van der Waals surface area (Å²) in [5.74, 6) is 0.791. The summed E-state index contributed by atoms with van der Waals surface area (Å²) >= 11 is 0. The van der Waals surface area contributed by atoms with E-state index in [0.29, 0.717) is 19.2 Å². The van der Waals surface area contributed by atoms with Crippen LogP contribution < -0.4 is 4.74 Å². The molecule has 3 rings (SSSR count). The molecule has 8 nitrogen and oxygen atoms in total. The van der Waals surface area contributed by atoms with Crippen LogP contribution in [0.3, 0.4) is 0 Å². The van der Waals surface area contributed by atoms with Crippen molar-refractivity contribution in [2.45, 2.75) is 57.0 Å². The van der Waals surface area contributed by atoms with Gasteiger partial charge in [-0.05, 0) is 62.9 Å². The topological polar surface area (TPSA) is 65.6 Å². The number of nitrogens with zero attached hydrogens (tertiary/aromatic N) is 4. The van der Waals surface area contributed by atoms with E-state index in [2.05, 4.69) is 16.7 Å². The smallest absolute Gasteiger partial charge is 0.248 e. The van der Waals surface area contributed by atoms with Crippen LogP contribution in [-0.4, -0.2) is 115 Å². The van der Waals surface area contributed by atoms with Gasteiger partial charge in [-0.3, -0.25) is 9.69 Å². The zero-order valence-corrected chi connectivity index (χ0v) is 23.2. The summed E-state index contributed by atoms with van der Waals surface area (Å²) in [5.41, 5.74) is 1.87. The highest BCUT2D eigenvalue weighted by Crippen LogP contribution is 2.28. The van der Waals surface area contributed by atoms with Crippen molar-refractivity contribution >= 4 is 16.9 Å². The monoisotopic (exact) mass is 508 g/mol. The fraction of sp³-hybridized carbons (Fsp3) is 0.731. The van der Waals surface area contributed by atoms with Crippen molar-refractivity contribution in [2.24, 2.45) is 0 Å². The summed E-state index contributed by atoms with van der Waals surface area (Å²) in [7, 11) is 4.05. The number of likely N-dealkylation sites (N-methyl/N-ethyl adjacent to an activating group) is 3. The van der Waals surface area contributed by atoms with E-state index in [-0.39, 0.29) is 18.6 Å². The molecule has 0 spiro atoms. The molecule has 2 fully saturated rings. The first-order chi connectivity index (χ1) is 16.7. The van der Waals surface area contributed by atoms with Gasteiger partial charge in [0, 0.05) is 58.9 Å². The first-order valence-corrected chi connectivity index (χ1v) is 13.9. The maximum absolute atomic E-state index is 13.1. The zero-order valence-electron chi connectivity index (χ0n) is 22.4. The molecule has 1 aliphatic carbocycles. The number of benzene rings is 1. The molecule has 0 bridgehead atoms. The molecule has 1 saturated carbocycles. The third-order valence-electron chi connectivity index (χ3n) is 7.59. The molecule has 1 amide bonds. The van der Waals surface area contributed by atoms with Crippen molar-refractivity contribution < 1.29 is 18.5 Å². The molecule has 1 aromatic rings. The van der Waals surface area contributed by atoms with Crippen LogP contribution in [0.15, 0.2) is 17.0 Å². The Morgan fingerprint density at radius 1 is 1.11 bits per heavy atom. The van der Waals surface area contributed by atoms with Crippen LogP contribution in [0.1, 0.15) is 37.3 Å². The van der Waals surface area contributed by atoms with Crippen LogP contribution in [0.5, 0.6) is 5.75 Å². The summed E-state index contributed by atoms with van der Waals surface area (Å²) in [5, 5.41) is 0. The van der Waals surface area contributed by atoms with Gasteiger partial charge >= 0.3 is 0 Å². The highest BCUT2D eigenvalue weighted by molar-refractivity contribution is 7.82. The van der Waals surface area contributed by atoms with Gasteiger partial charge in [-0.15, -0.1) is 0 Å². The average molecular weight is 509 g/mol. The zero-order chi connectivity index (χ0) is 25.5. The molecule has 0 radical (unpaired) electrons. The Balaban J connectivity index is 1.39. The maximum atomic E-state index is 13.1. The Morgan fingerprint density at radius 2 is 1.77 bits per heavy atom. The molecule has 1 saturated heterocycles. The van der Waals surface area contributed by atoms with Crippen molar-refractivity contribution in [3.8, 4) is 5.75 Å². The van der Waals surface area contributed by atoms with E-state index in [1.54, 1.807) is 11.4 Å². The van der Waals surface area contributed by atoms with E-state index < -0.39 is 11.0 Å². The van der Waals surface area contributed by atoms with Gasteiger partial charge in [-0.2, -0.15) is 0 Å². The molecule has 0 N–H and O–H groups in total. The van der Waals surface area contributed by atoms with Crippen LogP contribution in [0.25, 0.3) is 0 Å². The van der Waals surface area contributed by atoms with E-state index >= 15 is 0 Å². The predicted octanol–water partition coefficient (Wildman–Crippen LogP) is 2.30. The molecule has 1 aliphatic heterocycles. The summed E-state index contributed by atoms with van der Waals surface area (Å²) in [6.45, 7) is 12.7. The van der Waals surface area contributed by atoms with E-state index in [1.807, 2.05) is 45.0 Å². The molecule has 3 atom stereocenters. The standard InChI is InChI=1S/C26H44N4O4S/c1-7-29-10-12-30(13-11-29)23-9-8-22(18-23)28(5)25(31)19-34-15-14-27(4)35(32)26-20(2)16-24(33-6)17-21(26)3/h16-17,22-23H,7-15,18-19H2,1-6H3/t22-,23?,35?/m1/s1. The second-order valence-corrected chi connectivity index (χ2v) is 11.4. The van der Waals surface area contributed by atoms with E-state index in [9.17, 15) is 9.00 Å². The molecule has 0 aromatic heterocycles. The molecule has 2 unspecified atom stereocenters. The van der Waals surface area contributed by atoms with Gasteiger partial charge in [0.15, 0.2) is 0 Å². The first kappa shape index (κ1) is 28.1. The van der Waals surface area contributed by atoms with Gasteiger partial charge in [0.2, 0.25) is 5.91 Å². The van der Waals surface area contributed by atoms with Gasteiger partial charge in [-0.25, -0.2) is 8.51 Å². The Bertz CT molecular complexity index is 852. The summed E-state index contributed by atoms with van der Waals surface area (Å²) < 4.78 is 25.8. The van der Waals surface area contributed by atoms with E-state index in [0.717, 1.165) is 73.8 Å². The van der Waals surface area contributed by atoms with Crippen LogP contribution in [0, 0.1) is 13.8 Å². The Morgan fingerprint density at radius 3 is 2.37 bits per heavy atom. The molecular formula is C26H44N4O4S. The molecule has 198 valence electrons. The third-order valence-corrected chi connectivity index (χ3v) is 9.33. The molecule has 9 heteroatoms. The third kappa shape index (κ3) is 7.26. The number of methoxy groups -OCH3 is 1. The van der Waals surface area contributed by atoms with E-state index in [1.165, 1.54) is 0 Å². The largest absolute Gasteiger partial charge is 0.497 e. The average Bonchev–Trinajstić information content (AvgIpc) is 3.35. The minimum atomic E-state index is -1.30. The quantitative estimate of drug-likeness (QED) is 0.428. The number of hydrogen-bond acceptors (Lipinski definition) is 6. The SMILES string of the molecule is CCN1CCN(C2CC[C@@H](N(C)C(=O)COCCN(C)S(=O)c3c(C)cc(OC)cc3C)C2)CC1. The van der Waals surface area contributed by atoms with Crippen molar-refractivity contribution in [1.29, 1.82) is 0 Å². The highest BCUT2D eigenvalue weighted by atomic mass is 32.2. The Labute approximate surface area is 214 Å². The van der Waals surface area contributed by atoms with Crippen LogP contribution in [-0.2, 0) is 20.5 Å². The van der Waals surface area contributed by atoms with Gasteiger partial charge < -0.3 is 19.3 Å². The predicted molar refractivity (Wildman–Crippen MR) is 140 cm³/mol. The number of piperazine rings is 1. The second kappa shape index (κ2) is 13.1. The minimum Gasteiger partial charge on any atom is -0.497 e. The van der Waals surface area contributed by atoms with Gasteiger partial charge in [-0.1, -0.05) is 6.92 Å². The second-order valence-electron chi connectivity index (χ2n) is 9.84. The lowest BCUT2D eigenvalue weighted by Gasteiger charge is -2.38. The molecule has 1 aromatic carbocycles. The molecule has 1 heterocycles. The van der Waals surface area contributed by atoms with Crippen molar-refractivity contribution in [3.05, 3.63) is 23.3 Å². The highest BCUT2D eigenvalue weighted by Gasteiger charge is 2.34. The molecule has 2 aliphatic rings. The van der Waals surface area contributed by atoms with Crippen LogP contribution in [0.4, 0.5) is 0 Å². The number of carbonyl (C=O) groups excluding carboxylic acids is 1. The lowest BCUT2D eigenvalue weighted by molar-refractivity contribution is -0.136. The fourth-order valence-electron chi connectivity index (χ4n) is 5.26.